The average molecular weight is 388 g/mol. The fraction of sp³-hybridized carbons (Fsp3) is 0.143. The standard InChI is InChI=1S/C21H17FN6O/c22-14-5-3-4-13(10-14)19-17-11-28(9-8-18(17)25-26-19)21(29)16-7-2-1-6-15(16)20-23-12-24-27-20/h1-7,10,12H,8-9,11H2,(H,25,26)(H,23,24,27). The predicted molar refractivity (Wildman–Crippen MR) is 104 cm³/mol. The van der Waals surface area contributed by atoms with E-state index < -0.39 is 0 Å². The molecule has 0 saturated heterocycles. The Hall–Kier alpha value is -3.81. The largest absolute Gasteiger partial charge is 0.334 e. The van der Waals surface area contributed by atoms with E-state index in [-0.39, 0.29) is 11.7 Å². The Morgan fingerprint density at radius 1 is 1.10 bits per heavy atom. The smallest absolute Gasteiger partial charge is 0.254 e. The Bertz CT molecular complexity index is 1180. The number of hydrogen-bond acceptors (Lipinski definition) is 4. The predicted octanol–water partition coefficient (Wildman–Crippen LogP) is 3.20. The quantitative estimate of drug-likeness (QED) is 0.564. The number of rotatable bonds is 3. The second-order valence-electron chi connectivity index (χ2n) is 6.90. The molecule has 3 heterocycles. The van der Waals surface area contributed by atoms with Gasteiger partial charge in [-0.3, -0.25) is 15.0 Å². The van der Waals surface area contributed by atoms with Crippen LogP contribution in [0.5, 0.6) is 0 Å². The van der Waals surface area contributed by atoms with Gasteiger partial charge in [0.25, 0.3) is 5.91 Å². The molecule has 144 valence electrons. The summed E-state index contributed by atoms with van der Waals surface area (Å²) in [5.41, 5.74) is 4.55. The molecule has 2 aromatic carbocycles. The maximum atomic E-state index is 13.7. The van der Waals surface area contributed by atoms with E-state index in [4.69, 9.17) is 0 Å². The highest BCUT2D eigenvalue weighted by atomic mass is 19.1. The lowest BCUT2D eigenvalue weighted by Gasteiger charge is -2.28. The molecule has 1 aliphatic rings. The Kier molecular flexibility index (Phi) is 4.16. The maximum absolute atomic E-state index is 13.7. The summed E-state index contributed by atoms with van der Waals surface area (Å²) >= 11 is 0. The van der Waals surface area contributed by atoms with Gasteiger partial charge in [0.05, 0.1) is 11.3 Å². The third-order valence-corrected chi connectivity index (χ3v) is 5.15. The van der Waals surface area contributed by atoms with Crippen molar-refractivity contribution in [2.24, 2.45) is 0 Å². The number of carbonyl (C=O) groups is 1. The molecular weight excluding hydrogens is 371 g/mol. The lowest BCUT2D eigenvalue weighted by molar-refractivity contribution is 0.0735. The molecule has 29 heavy (non-hydrogen) atoms. The number of fused-ring (bicyclic) bond motifs is 1. The molecule has 0 unspecified atom stereocenters. The van der Waals surface area contributed by atoms with E-state index in [1.807, 2.05) is 24.3 Å². The van der Waals surface area contributed by atoms with Crippen LogP contribution in [0.15, 0.2) is 54.9 Å². The minimum atomic E-state index is -0.316. The van der Waals surface area contributed by atoms with Gasteiger partial charge >= 0.3 is 0 Å². The molecule has 2 N–H and O–H groups in total. The zero-order valence-corrected chi connectivity index (χ0v) is 15.4. The van der Waals surface area contributed by atoms with Gasteiger partial charge in [0.1, 0.15) is 12.1 Å². The minimum absolute atomic E-state index is 0.0888. The number of nitrogens with one attached hydrogen (secondary N) is 2. The topological polar surface area (TPSA) is 90.6 Å². The second-order valence-corrected chi connectivity index (χ2v) is 6.90. The van der Waals surface area contributed by atoms with E-state index in [2.05, 4.69) is 25.4 Å². The van der Waals surface area contributed by atoms with Crippen molar-refractivity contribution < 1.29 is 9.18 Å². The van der Waals surface area contributed by atoms with Crippen molar-refractivity contribution in [3.63, 3.8) is 0 Å². The summed E-state index contributed by atoms with van der Waals surface area (Å²) in [6.45, 7) is 0.975. The second kappa shape index (κ2) is 6.97. The van der Waals surface area contributed by atoms with Crippen molar-refractivity contribution in [3.8, 4) is 22.6 Å². The van der Waals surface area contributed by atoms with Gasteiger partial charge < -0.3 is 4.90 Å². The van der Waals surface area contributed by atoms with E-state index in [9.17, 15) is 9.18 Å². The van der Waals surface area contributed by atoms with Gasteiger partial charge in [-0.1, -0.05) is 30.3 Å². The van der Waals surface area contributed by atoms with E-state index >= 15 is 0 Å². The van der Waals surface area contributed by atoms with Gasteiger partial charge in [0.2, 0.25) is 0 Å². The van der Waals surface area contributed by atoms with Gasteiger partial charge in [-0.25, -0.2) is 9.37 Å². The first-order valence-electron chi connectivity index (χ1n) is 9.27. The monoisotopic (exact) mass is 388 g/mol. The summed E-state index contributed by atoms with van der Waals surface area (Å²) < 4.78 is 13.7. The van der Waals surface area contributed by atoms with Gasteiger partial charge in [0, 0.05) is 41.9 Å². The van der Waals surface area contributed by atoms with Crippen molar-refractivity contribution in [1.82, 2.24) is 30.3 Å². The van der Waals surface area contributed by atoms with E-state index in [1.165, 1.54) is 18.5 Å². The Balaban J connectivity index is 1.48. The van der Waals surface area contributed by atoms with Crippen LogP contribution >= 0.6 is 0 Å². The summed E-state index contributed by atoms with van der Waals surface area (Å²) in [7, 11) is 0. The van der Waals surface area contributed by atoms with Crippen molar-refractivity contribution in [2.45, 2.75) is 13.0 Å². The maximum Gasteiger partial charge on any atom is 0.254 e. The molecule has 0 bridgehead atoms. The summed E-state index contributed by atoms with van der Waals surface area (Å²) in [4.78, 5) is 19.3. The number of halogens is 1. The molecule has 0 spiro atoms. The molecule has 2 aromatic heterocycles. The van der Waals surface area contributed by atoms with Crippen molar-refractivity contribution in [3.05, 3.63) is 77.5 Å². The summed E-state index contributed by atoms with van der Waals surface area (Å²) in [6.07, 6.45) is 2.08. The first-order valence-corrected chi connectivity index (χ1v) is 9.27. The lowest BCUT2D eigenvalue weighted by Crippen LogP contribution is -2.36. The Morgan fingerprint density at radius 2 is 2.00 bits per heavy atom. The van der Waals surface area contributed by atoms with Crippen LogP contribution in [0.25, 0.3) is 22.6 Å². The molecule has 0 aliphatic carbocycles. The molecule has 0 radical (unpaired) electrons. The van der Waals surface area contributed by atoms with Crippen LogP contribution < -0.4 is 0 Å². The summed E-state index contributed by atoms with van der Waals surface area (Å²) in [5, 5.41) is 14.1. The number of carbonyl (C=O) groups excluding carboxylic acids is 1. The average Bonchev–Trinajstić information content (AvgIpc) is 3.43. The van der Waals surface area contributed by atoms with Crippen molar-refractivity contribution in [2.75, 3.05) is 6.54 Å². The van der Waals surface area contributed by atoms with Crippen LogP contribution in [0.1, 0.15) is 21.6 Å². The van der Waals surface area contributed by atoms with Crippen LogP contribution in [0.2, 0.25) is 0 Å². The third kappa shape index (κ3) is 3.08. The number of aromatic nitrogens is 5. The molecule has 4 aromatic rings. The number of nitrogens with zero attached hydrogens (tertiary/aromatic N) is 4. The van der Waals surface area contributed by atoms with E-state index in [0.29, 0.717) is 47.7 Å². The SMILES string of the molecule is O=C(c1ccccc1-c1ncn[nH]1)N1CCc2[nH]nc(-c3cccc(F)c3)c2C1. The van der Waals surface area contributed by atoms with E-state index in [0.717, 1.165) is 11.3 Å². The van der Waals surface area contributed by atoms with Gasteiger partial charge in [-0.15, -0.1) is 0 Å². The molecule has 5 rings (SSSR count). The molecule has 0 saturated carbocycles. The number of benzene rings is 2. The van der Waals surface area contributed by atoms with Crippen LogP contribution in [0.4, 0.5) is 4.39 Å². The highest BCUT2D eigenvalue weighted by molar-refractivity contribution is 6.00. The number of amides is 1. The van der Waals surface area contributed by atoms with Gasteiger partial charge in [0.15, 0.2) is 5.82 Å². The van der Waals surface area contributed by atoms with Crippen molar-refractivity contribution in [1.29, 1.82) is 0 Å². The lowest BCUT2D eigenvalue weighted by atomic mass is 9.99. The van der Waals surface area contributed by atoms with Crippen LogP contribution in [-0.2, 0) is 13.0 Å². The highest BCUT2D eigenvalue weighted by Gasteiger charge is 2.28. The molecule has 1 amide bonds. The normalized spacial score (nSPS) is 13.3. The Labute approximate surface area is 165 Å². The first-order chi connectivity index (χ1) is 14.2. The highest BCUT2D eigenvalue weighted by Crippen LogP contribution is 2.30. The molecule has 1 aliphatic heterocycles. The molecule has 8 heteroatoms. The number of H-pyrrole nitrogens is 2. The third-order valence-electron chi connectivity index (χ3n) is 5.15. The Morgan fingerprint density at radius 3 is 2.83 bits per heavy atom. The summed E-state index contributed by atoms with van der Waals surface area (Å²) in [5.74, 6) is 0.147. The molecule has 7 nitrogen and oxygen atoms in total. The number of aromatic amines is 2. The van der Waals surface area contributed by atoms with Crippen LogP contribution in [0.3, 0.4) is 0 Å². The van der Waals surface area contributed by atoms with E-state index in [1.54, 1.807) is 17.0 Å². The molecular formula is C21H17FN6O. The summed E-state index contributed by atoms with van der Waals surface area (Å²) in [6, 6.07) is 13.7. The van der Waals surface area contributed by atoms with Crippen molar-refractivity contribution >= 4 is 5.91 Å². The fourth-order valence-corrected chi connectivity index (χ4v) is 3.72. The van der Waals surface area contributed by atoms with Gasteiger partial charge in [-0.2, -0.15) is 10.2 Å². The van der Waals surface area contributed by atoms with Gasteiger partial charge in [-0.05, 0) is 18.2 Å². The van der Waals surface area contributed by atoms with Crippen LogP contribution in [-0.4, -0.2) is 42.7 Å². The molecule has 0 fully saturated rings. The fourth-order valence-electron chi connectivity index (χ4n) is 3.72. The zero-order valence-electron chi connectivity index (χ0n) is 15.4. The number of hydrogen-bond donors (Lipinski definition) is 2. The first kappa shape index (κ1) is 17.3. The molecule has 0 atom stereocenters. The zero-order chi connectivity index (χ0) is 19.8. The van der Waals surface area contributed by atoms with Crippen LogP contribution in [0, 0.1) is 5.82 Å². The minimum Gasteiger partial charge on any atom is -0.334 e.